The van der Waals surface area contributed by atoms with Gasteiger partial charge >= 0.3 is 5.97 Å². The highest BCUT2D eigenvalue weighted by molar-refractivity contribution is 7.20. The zero-order valence-corrected chi connectivity index (χ0v) is 24.2. The maximum atomic E-state index is 13.5. The van der Waals surface area contributed by atoms with Crippen LogP contribution in [-0.2, 0) is 16.0 Å². The first-order valence-electron chi connectivity index (χ1n) is 13.0. The Kier molecular flexibility index (Phi) is 9.40. The molecule has 0 saturated heterocycles. The quantitative estimate of drug-likeness (QED) is 0.146. The van der Waals surface area contributed by atoms with Crippen molar-refractivity contribution in [1.29, 1.82) is 0 Å². The average Bonchev–Trinajstić information content (AvgIpc) is 3.53. The minimum absolute atomic E-state index is 0.117. The molecule has 2 aromatic carbocycles. The van der Waals surface area contributed by atoms with E-state index in [2.05, 4.69) is 20.6 Å². The van der Waals surface area contributed by atoms with Crippen LogP contribution in [0.15, 0.2) is 46.3 Å². The van der Waals surface area contributed by atoms with Gasteiger partial charge in [0.25, 0.3) is 11.5 Å². The van der Waals surface area contributed by atoms with Crippen LogP contribution >= 0.6 is 11.3 Å². The van der Waals surface area contributed by atoms with E-state index in [1.165, 1.54) is 35.3 Å². The number of thiazole rings is 1. The first-order chi connectivity index (χ1) is 19.8. The van der Waals surface area contributed by atoms with Crippen molar-refractivity contribution in [1.82, 2.24) is 20.2 Å². The number of nitrogens with zero attached hydrogens (tertiary/aromatic N) is 3. The molecule has 0 aliphatic heterocycles. The summed E-state index contributed by atoms with van der Waals surface area (Å²) in [6.07, 6.45) is -0.214. The van der Waals surface area contributed by atoms with Crippen LogP contribution in [0.25, 0.3) is 15.3 Å². The molecule has 12 nitrogen and oxygen atoms in total. The van der Waals surface area contributed by atoms with Gasteiger partial charge in [-0.2, -0.15) is 9.78 Å². The topological polar surface area (TPSA) is 146 Å². The summed E-state index contributed by atoms with van der Waals surface area (Å²) in [6, 6.07) is 10.6. The van der Waals surface area contributed by atoms with Gasteiger partial charge in [0.05, 0.1) is 60.5 Å². The number of ether oxygens (including phenoxy) is 4. The Morgan fingerprint density at radius 1 is 1.05 bits per heavy atom. The first kappa shape index (κ1) is 29.3. The highest BCUT2D eigenvalue weighted by Gasteiger charge is 2.23. The second kappa shape index (κ2) is 13.1. The maximum Gasteiger partial charge on any atom is 0.311 e. The molecule has 1 amide bonds. The van der Waals surface area contributed by atoms with E-state index in [-0.39, 0.29) is 29.0 Å². The number of rotatable bonds is 12. The lowest BCUT2D eigenvalue weighted by atomic mass is 10.1. The summed E-state index contributed by atoms with van der Waals surface area (Å²) in [5.74, 6) is 0.00212. The third-order valence-corrected chi connectivity index (χ3v) is 6.87. The molecule has 0 unspecified atom stereocenters. The number of nitrogens with one attached hydrogen (secondary N) is 2. The number of aromatic amines is 1. The molecule has 0 spiro atoms. The average molecular weight is 582 g/mol. The van der Waals surface area contributed by atoms with Gasteiger partial charge in [0.2, 0.25) is 10.9 Å². The third-order valence-electron chi connectivity index (χ3n) is 5.85. The smallest absolute Gasteiger partial charge is 0.311 e. The van der Waals surface area contributed by atoms with Crippen LogP contribution in [-0.4, -0.2) is 59.3 Å². The lowest BCUT2D eigenvalue weighted by Gasteiger charge is -2.16. The van der Waals surface area contributed by atoms with Gasteiger partial charge in [-0.15, -0.1) is 0 Å². The van der Waals surface area contributed by atoms with Crippen molar-refractivity contribution in [3.05, 3.63) is 63.6 Å². The van der Waals surface area contributed by atoms with Gasteiger partial charge in [-0.1, -0.05) is 23.5 Å². The molecule has 4 rings (SSSR count). The summed E-state index contributed by atoms with van der Waals surface area (Å²) in [6.45, 7) is 8.12. The van der Waals surface area contributed by atoms with Crippen LogP contribution < -0.4 is 25.2 Å². The fourth-order valence-corrected chi connectivity index (χ4v) is 4.99. The molecule has 216 valence electrons. The summed E-state index contributed by atoms with van der Waals surface area (Å²) in [7, 11) is 1.26. The molecule has 0 aliphatic rings. The van der Waals surface area contributed by atoms with E-state index in [9.17, 15) is 14.4 Å². The lowest BCUT2D eigenvalue weighted by Crippen LogP contribution is -2.24. The number of carbonyl (C=O) groups excluding carboxylic acids is 2. The summed E-state index contributed by atoms with van der Waals surface area (Å²) in [5, 5.41) is 7.55. The molecular weight excluding hydrogens is 550 g/mol. The Bertz CT molecular complexity index is 1590. The minimum atomic E-state index is -0.564. The number of amides is 1. The molecule has 0 fully saturated rings. The van der Waals surface area contributed by atoms with Gasteiger partial charge in [0, 0.05) is 5.56 Å². The molecular formula is C28H31N5O7S. The largest absolute Gasteiger partial charge is 0.490 e. The third kappa shape index (κ3) is 6.40. The summed E-state index contributed by atoms with van der Waals surface area (Å²) in [5.41, 5.74) is 3.53. The predicted molar refractivity (Wildman–Crippen MR) is 155 cm³/mol. The molecule has 0 bridgehead atoms. The standard InChI is InChI=1S/C28H31N5O7S/c1-6-38-20-13-17(14-21(39-7-2)25(20)40-8-3)26(35)31-30-16(4)24-19(15-23(34)37-5)32-33(27(24)36)28-29-18-11-9-10-12-22(18)41-28/h9-14,32H,6-8,15H2,1-5H3,(H,31,35)/b30-16+. The Morgan fingerprint density at radius 2 is 1.71 bits per heavy atom. The number of esters is 1. The Hall–Kier alpha value is -4.65. The van der Waals surface area contributed by atoms with Crippen LogP contribution in [0.3, 0.4) is 0 Å². The highest BCUT2D eigenvalue weighted by atomic mass is 32.1. The van der Waals surface area contributed by atoms with Crippen molar-refractivity contribution in [3.63, 3.8) is 0 Å². The number of aromatic nitrogens is 3. The number of H-pyrrole nitrogens is 1. The summed E-state index contributed by atoms with van der Waals surface area (Å²) in [4.78, 5) is 43.3. The van der Waals surface area contributed by atoms with E-state index in [0.29, 0.717) is 42.2 Å². The van der Waals surface area contributed by atoms with Crippen LogP contribution in [0.5, 0.6) is 17.2 Å². The number of carbonyl (C=O) groups is 2. The molecule has 0 saturated carbocycles. The molecule has 2 N–H and O–H groups in total. The van der Waals surface area contributed by atoms with E-state index < -0.39 is 17.4 Å². The van der Waals surface area contributed by atoms with Crippen LogP contribution in [0.1, 0.15) is 49.3 Å². The minimum Gasteiger partial charge on any atom is -0.490 e. The van der Waals surface area contributed by atoms with Gasteiger partial charge in [0.15, 0.2) is 11.5 Å². The fourth-order valence-electron chi connectivity index (χ4n) is 4.07. The second-order valence-electron chi connectivity index (χ2n) is 8.56. The van der Waals surface area contributed by atoms with Crippen molar-refractivity contribution < 1.29 is 28.5 Å². The predicted octanol–water partition coefficient (Wildman–Crippen LogP) is 3.84. The lowest BCUT2D eigenvalue weighted by molar-refractivity contribution is -0.139. The molecule has 13 heteroatoms. The van der Waals surface area contributed by atoms with Crippen LogP contribution in [0, 0.1) is 0 Å². The van der Waals surface area contributed by atoms with Gasteiger partial charge in [0.1, 0.15) is 0 Å². The van der Waals surface area contributed by atoms with E-state index >= 15 is 0 Å². The molecule has 0 aliphatic carbocycles. The highest BCUT2D eigenvalue weighted by Crippen LogP contribution is 2.39. The number of para-hydroxylation sites is 1. The van der Waals surface area contributed by atoms with Gasteiger partial charge < -0.3 is 18.9 Å². The first-order valence-corrected chi connectivity index (χ1v) is 13.8. The maximum absolute atomic E-state index is 13.5. The monoisotopic (exact) mass is 581 g/mol. The fraction of sp³-hybridized carbons (Fsp3) is 0.321. The van der Waals surface area contributed by atoms with Gasteiger partial charge in [-0.05, 0) is 52.0 Å². The zero-order chi connectivity index (χ0) is 29.5. The van der Waals surface area contributed by atoms with Crippen molar-refractivity contribution in [2.75, 3.05) is 26.9 Å². The van der Waals surface area contributed by atoms with Crippen molar-refractivity contribution >= 4 is 39.1 Å². The van der Waals surface area contributed by atoms with Crippen LogP contribution in [0.2, 0.25) is 0 Å². The molecule has 0 radical (unpaired) electrons. The Balaban J connectivity index is 1.69. The normalized spacial score (nSPS) is 11.4. The van der Waals surface area contributed by atoms with E-state index in [1.807, 2.05) is 45.0 Å². The molecule has 4 aromatic rings. The number of benzene rings is 2. The SMILES string of the molecule is CCOc1cc(C(=O)N/N=C(\C)c2c(CC(=O)OC)[nH]n(-c3nc4ccccc4s3)c2=O)cc(OCC)c1OCC. The number of methoxy groups -OCH3 is 1. The van der Waals surface area contributed by atoms with Crippen molar-refractivity contribution in [2.45, 2.75) is 34.1 Å². The van der Waals surface area contributed by atoms with Gasteiger partial charge in [-0.3, -0.25) is 19.5 Å². The Morgan fingerprint density at radius 3 is 2.32 bits per heavy atom. The van der Waals surface area contributed by atoms with E-state index in [0.717, 1.165) is 10.2 Å². The molecule has 2 heterocycles. The molecule has 41 heavy (non-hydrogen) atoms. The summed E-state index contributed by atoms with van der Waals surface area (Å²) < 4.78 is 24.0. The van der Waals surface area contributed by atoms with Crippen molar-refractivity contribution in [2.24, 2.45) is 5.10 Å². The van der Waals surface area contributed by atoms with Gasteiger partial charge in [-0.25, -0.2) is 10.4 Å². The van der Waals surface area contributed by atoms with E-state index in [4.69, 9.17) is 18.9 Å². The summed E-state index contributed by atoms with van der Waals surface area (Å²) >= 11 is 1.31. The van der Waals surface area contributed by atoms with E-state index in [1.54, 1.807) is 6.92 Å². The Labute approximate surface area is 239 Å². The number of hydrazone groups is 1. The number of hydrogen-bond acceptors (Lipinski definition) is 10. The van der Waals surface area contributed by atoms with Crippen molar-refractivity contribution in [3.8, 4) is 22.4 Å². The van der Waals surface area contributed by atoms with Crippen LogP contribution in [0.4, 0.5) is 0 Å². The number of hydrogen-bond donors (Lipinski definition) is 2. The molecule has 2 aromatic heterocycles. The second-order valence-corrected chi connectivity index (χ2v) is 9.57. The number of fused-ring (bicyclic) bond motifs is 1. The molecule has 0 atom stereocenters. The zero-order valence-electron chi connectivity index (χ0n) is 23.4.